The zero-order chi connectivity index (χ0) is 10.7. The van der Waals surface area contributed by atoms with Crippen LogP contribution < -0.4 is 11.1 Å². The van der Waals surface area contributed by atoms with E-state index >= 15 is 0 Å². The fourth-order valence-electron chi connectivity index (χ4n) is 1.30. The maximum absolute atomic E-state index is 11.3. The average molecular weight is 200 g/mol. The number of nitrogens with two attached hydrogens (primary N) is 1. The van der Waals surface area contributed by atoms with Crippen molar-refractivity contribution in [1.82, 2.24) is 15.1 Å². The van der Waals surface area contributed by atoms with Gasteiger partial charge in [0.25, 0.3) is 0 Å². The first kappa shape index (κ1) is 10.8. The second kappa shape index (κ2) is 4.28. The summed E-state index contributed by atoms with van der Waals surface area (Å²) in [6.07, 6.45) is 0. The van der Waals surface area contributed by atoms with Gasteiger partial charge in [0.2, 0.25) is 5.91 Å². The highest BCUT2D eigenvalue weighted by molar-refractivity contribution is 5.79. The standard InChI is InChI=1S/C8H16N4O2/c1-11(2)8(14)12-4-6(5-12)10-7(13)3-9/h6H,3-5,9H2,1-2H3,(H,10,13). The molecule has 80 valence electrons. The number of carbonyl (C=O) groups excluding carboxylic acids is 2. The largest absolute Gasteiger partial charge is 0.349 e. The Morgan fingerprint density at radius 3 is 2.50 bits per heavy atom. The van der Waals surface area contributed by atoms with Crippen LogP contribution in [0.1, 0.15) is 0 Å². The summed E-state index contributed by atoms with van der Waals surface area (Å²) in [5.74, 6) is -0.174. The Hall–Kier alpha value is -1.30. The van der Waals surface area contributed by atoms with Crippen LogP contribution in [-0.2, 0) is 4.79 Å². The van der Waals surface area contributed by atoms with E-state index in [1.54, 1.807) is 19.0 Å². The van der Waals surface area contributed by atoms with Gasteiger partial charge in [-0.3, -0.25) is 4.79 Å². The number of rotatable bonds is 2. The summed E-state index contributed by atoms with van der Waals surface area (Å²) < 4.78 is 0. The van der Waals surface area contributed by atoms with Gasteiger partial charge in [-0.15, -0.1) is 0 Å². The first-order valence-corrected chi connectivity index (χ1v) is 4.50. The van der Waals surface area contributed by atoms with Crippen LogP contribution in [-0.4, -0.2) is 61.5 Å². The smallest absolute Gasteiger partial charge is 0.319 e. The topological polar surface area (TPSA) is 78.7 Å². The third-order valence-electron chi connectivity index (χ3n) is 2.09. The number of hydrogen-bond donors (Lipinski definition) is 2. The highest BCUT2D eigenvalue weighted by Gasteiger charge is 2.31. The molecule has 1 aliphatic heterocycles. The first-order valence-electron chi connectivity index (χ1n) is 4.50. The zero-order valence-electron chi connectivity index (χ0n) is 8.49. The summed E-state index contributed by atoms with van der Waals surface area (Å²) in [7, 11) is 3.41. The lowest BCUT2D eigenvalue weighted by Gasteiger charge is -2.40. The van der Waals surface area contributed by atoms with Crippen molar-refractivity contribution in [2.45, 2.75) is 6.04 Å². The van der Waals surface area contributed by atoms with Crippen LogP contribution in [0.3, 0.4) is 0 Å². The summed E-state index contributed by atoms with van der Waals surface area (Å²) in [5, 5.41) is 2.71. The van der Waals surface area contributed by atoms with Gasteiger partial charge < -0.3 is 20.9 Å². The van der Waals surface area contributed by atoms with E-state index in [0.29, 0.717) is 13.1 Å². The molecule has 6 heteroatoms. The minimum absolute atomic E-state index is 0.00186. The molecule has 0 saturated carbocycles. The van der Waals surface area contributed by atoms with Crippen molar-refractivity contribution in [3.63, 3.8) is 0 Å². The van der Waals surface area contributed by atoms with Gasteiger partial charge in [0.1, 0.15) is 0 Å². The van der Waals surface area contributed by atoms with Crippen LogP contribution in [0.25, 0.3) is 0 Å². The van der Waals surface area contributed by atoms with Gasteiger partial charge in [0, 0.05) is 27.2 Å². The lowest BCUT2D eigenvalue weighted by molar-refractivity contribution is -0.121. The maximum atomic E-state index is 11.3. The van der Waals surface area contributed by atoms with Gasteiger partial charge in [-0.05, 0) is 0 Å². The minimum Gasteiger partial charge on any atom is -0.349 e. The van der Waals surface area contributed by atoms with Gasteiger partial charge in [0.15, 0.2) is 0 Å². The quantitative estimate of drug-likeness (QED) is 0.565. The Balaban J connectivity index is 2.23. The van der Waals surface area contributed by atoms with Crippen LogP contribution in [0.2, 0.25) is 0 Å². The molecule has 0 aromatic rings. The molecule has 0 aromatic heterocycles. The van der Waals surface area contributed by atoms with Crippen LogP contribution >= 0.6 is 0 Å². The summed E-state index contributed by atoms with van der Waals surface area (Å²) >= 11 is 0. The van der Waals surface area contributed by atoms with E-state index in [2.05, 4.69) is 5.32 Å². The summed E-state index contributed by atoms with van der Waals surface area (Å²) in [6, 6.07) is 0.0400. The Bertz CT molecular complexity index is 235. The minimum atomic E-state index is -0.174. The molecule has 0 bridgehead atoms. The predicted octanol–water partition coefficient (Wildman–Crippen LogP) is -1.57. The van der Waals surface area contributed by atoms with E-state index in [1.165, 1.54) is 4.90 Å². The van der Waals surface area contributed by atoms with Crippen molar-refractivity contribution in [3.8, 4) is 0 Å². The molecule has 6 nitrogen and oxygen atoms in total. The Labute approximate surface area is 83.0 Å². The van der Waals surface area contributed by atoms with Gasteiger partial charge in [0.05, 0.1) is 12.6 Å². The van der Waals surface area contributed by atoms with Crippen molar-refractivity contribution in [2.24, 2.45) is 5.73 Å². The van der Waals surface area contributed by atoms with Crippen molar-refractivity contribution in [1.29, 1.82) is 0 Å². The third kappa shape index (κ3) is 2.35. The second-order valence-electron chi connectivity index (χ2n) is 3.55. The number of nitrogens with zero attached hydrogens (tertiary/aromatic N) is 2. The van der Waals surface area contributed by atoms with E-state index in [0.717, 1.165) is 0 Å². The van der Waals surface area contributed by atoms with E-state index in [4.69, 9.17) is 5.73 Å². The highest BCUT2D eigenvalue weighted by Crippen LogP contribution is 2.09. The van der Waals surface area contributed by atoms with Crippen LogP contribution in [0.15, 0.2) is 0 Å². The number of nitrogens with one attached hydrogen (secondary N) is 1. The van der Waals surface area contributed by atoms with Gasteiger partial charge in [-0.2, -0.15) is 0 Å². The van der Waals surface area contributed by atoms with Crippen molar-refractivity contribution >= 4 is 11.9 Å². The molecule has 0 aromatic carbocycles. The molecule has 0 aliphatic carbocycles. The average Bonchev–Trinajstić information content (AvgIpc) is 2.08. The molecule has 1 saturated heterocycles. The number of likely N-dealkylation sites (tertiary alicyclic amines) is 1. The van der Waals surface area contributed by atoms with Crippen LogP contribution in [0.4, 0.5) is 4.79 Å². The van der Waals surface area contributed by atoms with Gasteiger partial charge in [-0.25, -0.2) is 4.79 Å². The van der Waals surface area contributed by atoms with E-state index < -0.39 is 0 Å². The number of amides is 3. The van der Waals surface area contributed by atoms with Crippen LogP contribution in [0, 0.1) is 0 Å². The summed E-state index contributed by atoms with van der Waals surface area (Å²) in [6.45, 7) is 1.14. The van der Waals surface area contributed by atoms with E-state index in [9.17, 15) is 9.59 Å². The molecule has 0 atom stereocenters. The monoisotopic (exact) mass is 200 g/mol. The molecule has 3 amide bonds. The van der Waals surface area contributed by atoms with Gasteiger partial charge in [-0.1, -0.05) is 0 Å². The Kier molecular flexibility index (Phi) is 3.29. The molecule has 1 heterocycles. The molecule has 1 rings (SSSR count). The third-order valence-corrected chi connectivity index (χ3v) is 2.09. The number of hydrogen-bond acceptors (Lipinski definition) is 3. The second-order valence-corrected chi connectivity index (χ2v) is 3.55. The molecular formula is C8H16N4O2. The highest BCUT2D eigenvalue weighted by atomic mass is 16.2. The molecule has 14 heavy (non-hydrogen) atoms. The molecule has 0 spiro atoms. The fourth-order valence-corrected chi connectivity index (χ4v) is 1.30. The molecular weight excluding hydrogens is 184 g/mol. The maximum Gasteiger partial charge on any atom is 0.319 e. The van der Waals surface area contributed by atoms with Crippen LogP contribution in [0.5, 0.6) is 0 Å². The number of urea groups is 1. The molecule has 0 unspecified atom stereocenters. The molecule has 1 fully saturated rings. The van der Waals surface area contributed by atoms with E-state index in [-0.39, 0.29) is 24.5 Å². The summed E-state index contributed by atoms with van der Waals surface area (Å²) in [4.78, 5) is 25.4. The molecule has 3 N–H and O–H groups in total. The van der Waals surface area contributed by atoms with Crippen molar-refractivity contribution in [2.75, 3.05) is 33.7 Å². The molecule has 1 aliphatic rings. The Morgan fingerprint density at radius 2 is 2.07 bits per heavy atom. The first-order chi connectivity index (χ1) is 6.54. The van der Waals surface area contributed by atoms with Gasteiger partial charge >= 0.3 is 6.03 Å². The normalized spacial score (nSPS) is 16.1. The Morgan fingerprint density at radius 1 is 1.50 bits per heavy atom. The van der Waals surface area contributed by atoms with Crippen molar-refractivity contribution in [3.05, 3.63) is 0 Å². The lowest BCUT2D eigenvalue weighted by Crippen LogP contribution is -2.63. The number of carbonyl (C=O) groups is 2. The van der Waals surface area contributed by atoms with E-state index in [1.807, 2.05) is 0 Å². The zero-order valence-corrected chi connectivity index (χ0v) is 8.49. The fraction of sp³-hybridized carbons (Fsp3) is 0.750. The molecule has 0 radical (unpaired) electrons. The SMILES string of the molecule is CN(C)C(=O)N1CC(NC(=O)CN)C1. The predicted molar refractivity (Wildman–Crippen MR) is 51.6 cm³/mol. The van der Waals surface area contributed by atoms with Crippen molar-refractivity contribution < 1.29 is 9.59 Å². The summed E-state index contributed by atoms with van der Waals surface area (Å²) in [5.41, 5.74) is 5.14. The lowest BCUT2D eigenvalue weighted by atomic mass is 10.1.